The molecule has 1 amide bonds. The van der Waals surface area contributed by atoms with Crippen LogP contribution in [0.15, 0.2) is 46.9 Å². The Morgan fingerprint density at radius 1 is 1.19 bits per heavy atom. The van der Waals surface area contributed by atoms with Gasteiger partial charge in [-0.05, 0) is 56.0 Å². The second-order valence-electron chi connectivity index (χ2n) is 7.47. The monoisotopic (exact) mass is 417 g/mol. The van der Waals surface area contributed by atoms with Gasteiger partial charge in [0, 0.05) is 11.0 Å². The summed E-state index contributed by atoms with van der Waals surface area (Å²) in [7, 11) is 0. The first-order chi connectivity index (χ1) is 12.3. The van der Waals surface area contributed by atoms with Crippen molar-refractivity contribution in [2.75, 3.05) is 6.54 Å². The molecule has 2 aromatic carbocycles. The first-order valence-electron chi connectivity index (χ1n) is 8.78. The van der Waals surface area contributed by atoms with Crippen molar-refractivity contribution in [1.82, 2.24) is 4.90 Å². The number of fused-ring (bicyclic) bond motifs is 1. The van der Waals surface area contributed by atoms with Crippen molar-refractivity contribution in [2.45, 2.75) is 45.9 Å². The van der Waals surface area contributed by atoms with Crippen LogP contribution < -0.4 is 4.74 Å². The van der Waals surface area contributed by atoms with Gasteiger partial charge in [0.15, 0.2) is 0 Å². The van der Waals surface area contributed by atoms with Crippen LogP contribution >= 0.6 is 15.9 Å². The number of rotatable bonds is 3. The van der Waals surface area contributed by atoms with E-state index in [1.54, 1.807) is 4.90 Å². The minimum Gasteiger partial charge on any atom is -0.489 e. The fourth-order valence-electron chi connectivity index (χ4n) is 2.90. The Labute approximate surface area is 163 Å². The molecule has 0 radical (unpaired) electrons. The zero-order valence-corrected chi connectivity index (χ0v) is 17.0. The fraction of sp³-hybridized carbons (Fsp3) is 0.381. The van der Waals surface area contributed by atoms with E-state index in [2.05, 4.69) is 22.0 Å². The number of nitrogens with zero attached hydrogens (tertiary/aromatic N) is 1. The zero-order chi connectivity index (χ0) is 18.7. The Hall–Kier alpha value is -2.01. The highest BCUT2D eigenvalue weighted by Gasteiger charge is 2.27. The Balaban J connectivity index is 1.69. The van der Waals surface area contributed by atoms with Crippen LogP contribution in [-0.2, 0) is 24.3 Å². The average Bonchev–Trinajstić information content (AvgIpc) is 2.59. The van der Waals surface area contributed by atoms with Gasteiger partial charge in [-0.2, -0.15) is 0 Å². The first kappa shape index (κ1) is 18.8. The third-order valence-corrected chi connectivity index (χ3v) is 4.87. The smallest absolute Gasteiger partial charge is 0.410 e. The maximum absolute atomic E-state index is 12.3. The van der Waals surface area contributed by atoms with Gasteiger partial charge in [0.25, 0.3) is 0 Å². The van der Waals surface area contributed by atoms with Crippen molar-refractivity contribution in [3.8, 4) is 5.75 Å². The molecule has 2 aromatic rings. The van der Waals surface area contributed by atoms with Gasteiger partial charge in [-0.15, -0.1) is 0 Å². The van der Waals surface area contributed by atoms with Crippen LogP contribution in [0.1, 0.15) is 37.5 Å². The summed E-state index contributed by atoms with van der Waals surface area (Å²) in [6.45, 7) is 7.38. The number of hydrogen-bond donors (Lipinski definition) is 0. The minimum atomic E-state index is -0.482. The maximum atomic E-state index is 12.3. The molecule has 0 fully saturated rings. The number of halogens is 1. The van der Waals surface area contributed by atoms with E-state index in [9.17, 15) is 4.79 Å². The summed E-state index contributed by atoms with van der Waals surface area (Å²) in [5.41, 5.74) is 2.98. The Kier molecular flexibility index (Phi) is 5.56. The van der Waals surface area contributed by atoms with Crippen molar-refractivity contribution in [3.05, 3.63) is 63.6 Å². The second kappa shape index (κ2) is 7.70. The van der Waals surface area contributed by atoms with E-state index in [0.717, 1.165) is 27.8 Å². The van der Waals surface area contributed by atoms with Crippen LogP contribution in [0.4, 0.5) is 4.79 Å². The number of ether oxygens (including phenoxy) is 2. The molecule has 5 heteroatoms. The molecule has 1 heterocycles. The van der Waals surface area contributed by atoms with Crippen LogP contribution in [0, 0.1) is 0 Å². The topological polar surface area (TPSA) is 38.8 Å². The summed E-state index contributed by atoms with van der Waals surface area (Å²) in [6, 6.07) is 14.2. The molecule has 4 nitrogen and oxygen atoms in total. The van der Waals surface area contributed by atoms with Gasteiger partial charge in [-0.25, -0.2) is 4.79 Å². The molecule has 0 aliphatic carbocycles. The molecule has 0 atom stereocenters. The molecule has 26 heavy (non-hydrogen) atoms. The van der Waals surface area contributed by atoms with Gasteiger partial charge >= 0.3 is 6.09 Å². The van der Waals surface area contributed by atoms with Gasteiger partial charge in [-0.3, -0.25) is 0 Å². The molecule has 0 saturated heterocycles. The lowest BCUT2D eigenvalue weighted by Gasteiger charge is -2.32. The zero-order valence-electron chi connectivity index (χ0n) is 15.4. The second-order valence-corrected chi connectivity index (χ2v) is 8.32. The standard InChI is InChI=1S/C21H24BrNO3/c1-21(2,3)26-20(24)23-10-9-16-11-17(12-19(22)18(16)13-23)25-14-15-7-5-4-6-8-15/h4-8,11-12H,9-10,13-14H2,1-3H3. The molecule has 0 unspecified atom stereocenters. The van der Waals surface area contributed by atoms with Crippen LogP contribution in [0.25, 0.3) is 0 Å². The molecule has 1 aliphatic rings. The summed E-state index contributed by atoms with van der Waals surface area (Å²) in [4.78, 5) is 14.1. The Bertz CT molecular complexity index is 784. The number of carbonyl (C=O) groups excluding carboxylic acids is 1. The van der Waals surface area contributed by atoms with E-state index in [-0.39, 0.29) is 6.09 Å². The lowest BCUT2D eigenvalue weighted by molar-refractivity contribution is 0.0223. The SMILES string of the molecule is CC(C)(C)OC(=O)N1CCc2cc(OCc3ccccc3)cc(Br)c2C1. The largest absolute Gasteiger partial charge is 0.489 e. The van der Waals surface area contributed by atoms with Gasteiger partial charge in [-0.1, -0.05) is 46.3 Å². The minimum absolute atomic E-state index is 0.264. The van der Waals surface area contributed by atoms with E-state index in [1.807, 2.05) is 57.2 Å². The number of carbonyl (C=O) groups is 1. The Morgan fingerprint density at radius 2 is 1.92 bits per heavy atom. The van der Waals surface area contributed by atoms with Crippen molar-refractivity contribution in [3.63, 3.8) is 0 Å². The molecule has 0 bridgehead atoms. The number of hydrogen-bond acceptors (Lipinski definition) is 3. The fourth-order valence-corrected chi connectivity index (χ4v) is 3.50. The van der Waals surface area contributed by atoms with E-state index in [1.165, 1.54) is 5.56 Å². The quantitative estimate of drug-likeness (QED) is 0.677. The molecule has 1 aliphatic heterocycles. The van der Waals surface area contributed by atoms with Crippen molar-refractivity contribution in [2.24, 2.45) is 0 Å². The lowest BCUT2D eigenvalue weighted by Crippen LogP contribution is -2.40. The molecule has 0 saturated carbocycles. The highest BCUT2D eigenvalue weighted by Crippen LogP contribution is 2.32. The van der Waals surface area contributed by atoms with Gasteiger partial charge < -0.3 is 14.4 Å². The third kappa shape index (κ3) is 4.79. The predicted octanol–water partition coefficient (Wildman–Crippen LogP) is 5.32. The van der Waals surface area contributed by atoms with Crippen molar-refractivity contribution in [1.29, 1.82) is 0 Å². The van der Waals surface area contributed by atoms with Gasteiger partial charge in [0.05, 0.1) is 6.54 Å². The predicted molar refractivity (Wildman–Crippen MR) is 105 cm³/mol. The van der Waals surface area contributed by atoms with Gasteiger partial charge in [0.1, 0.15) is 18.0 Å². The van der Waals surface area contributed by atoms with Crippen molar-refractivity contribution >= 4 is 22.0 Å². The van der Waals surface area contributed by atoms with Gasteiger partial charge in [0.2, 0.25) is 0 Å². The summed E-state index contributed by atoms with van der Waals surface area (Å²) in [5, 5.41) is 0. The molecule has 138 valence electrons. The highest BCUT2D eigenvalue weighted by atomic mass is 79.9. The van der Waals surface area contributed by atoms with E-state index in [0.29, 0.717) is 19.7 Å². The molecule has 3 rings (SSSR count). The van der Waals surface area contributed by atoms with E-state index >= 15 is 0 Å². The lowest BCUT2D eigenvalue weighted by atomic mass is 9.99. The molecular weight excluding hydrogens is 394 g/mol. The van der Waals surface area contributed by atoms with Crippen molar-refractivity contribution < 1.29 is 14.3 Å². The third-order valence-electron chi connectivity index (χ3n) is 4.16. The summed E-state index contributed by atoms with van der Waals surface area (Å²) < 4.78 is 12.4. The maximum Gasteiger partial charge on any atom is 0.410 e. The molecular formula is C21H24BrNO3. The Morgan fingerprint density at radius 3 is 2.62 bits per heavy atom. The summed E-state index contributed by atoms with van der Waals surface area (Å²) >= 11 is 3.64. The first-order valence-corrected chi connectivity index (χ1v) is 9.57. The normalized spacial score (nSPS) is 13.9. The molecule has 0 aromatic heterocycles. The summed E-state index contributed by atoms with van der Waals surface area (Å²) in [6.07, 6.45) is 0.523. The highest BCUT2D eigenvalue weighted by molar-refractivity contribution is 9.10. The number of amides is 1. The molecule has 0 spiro atoms. The average molecular weight is 418 g/mol. The molecule has 0 N–H and O–H groups in total. The number of benzene rings is 2. The van der Waals surface area contributed by atoms with Crippen LogP contribution in [0.3, 0.4) is 0 Å². The van der Waals surface area contributed by atoms with E-state index < -0.39 is 5.60 Å². The summed E-state index contributed by atoms with van der Waals surface area (Å²) in [5.74, 6) is 0.838. The van der Waals surface area contributed by atoms with E-state index in [4.69, 9.17) is 9.47 Å². The van der Waals surface area contributed by atoms with Crippen LogP contribution in [0.2, 0.25) is 0 Å². The van der Waals surface area contributed by atoms with Crippen LogP contribution in [0.5, 0.6) is 5.75 Å². The van der Waals surface area contributed by atoms with Crippen LogP contribution in [-0.4, -0.2) is 23.1 Å².